The van der Waals surface area contributed by atoms with E-state index in [-0.39, 0.29) is 22.5 Å². The molecule has 2 aromatic rings. The topological polar surface area (TPSA) is 162 Å². The van der Waals surface area contributed by atoms with E-state index in [1.165, 1.54) is 0 Å². The maximum atomic E-state index is 12.5. The minimum atomic E-state index is -5.08. The van der Waals surface area contributed by atoms with E-state index in [9.17, 15) is 32.7 Å². The van der Waals surface area contributed by atoms with Crippen LogP contribution >= 0.6 is 11.3 Å². The summed E-state index contributed by atoms with van der Waals surface area (Å²) >= 11 is 1.02. The van der Waals surface area contributed by atoms with Crippen molar-refractivity contribution < 1.29 is 52.4 Å². The van der Waals surface area contributed by atoms with Crippen molar-refractivity contribution in [2.75, 3.05) is 25.0 Å². The molecule has 1 aromatic heterocycles. The Morgan fingerprint density at radius 1 is 1.14 bits per heavy atom. The summed E-state index contributed by atoms with van der Waals surface area (Å²) < 4.78 is 37.0. The molecule has 0 saturated carbocycles. The van der Waals surface area contributed by atoms with Crippen LogP contribution in [-0.4, -0.2) is 65.0 Å². The van der Waals surface area contributed by atoms with Crippen molar-refractivity contribution >= 4 is 40.8 Å². The summed E-state index contributed by atoms with van der Waals surface area (Å²) in [6, 6.07) is 7.16. The lowest BCUT2D eigenvalue weighted by Gasteiger charge is -2.21. The van der Waals surface area contributed by atoms with Crippen LogP contribution in [0.4, 0.5) is 18.9 Å². The Hall–Kier alpha value is -3.65. The Morgan fingerprint density at radius 3 is 2.28 bits per heavy atom. The third kappa shape index (κ3) is 7.95. The van der Waals surface area contributed by atoms with Gasteiger partial charge in [-0.2, -0.15) is 13.2 Å². The van der Waals surface area contributed by atoms with Crippen molar-refractivity contribution in [3.8, 4) is 16.2 Å². The van der Waals surface area contributed by atoms with Gasteiger partial charge >= 0.3 is 24.1 Å². The third-order valence-corrected chi connectivity index (χ3v) is 6.28. The second-order valence-electron chi connectivity index (χ2n) is 7.60. The molecule has 1 aliphatic heterocycles. The van der Waals surface area contributed by atoms with Gasteiger partial charge in [-0.1, -0.05) is 12.1 Å². The number of carbonyl (C=O) groups is 4. The standard InChI is InChI=1S/C20H22N2O6S.C2HF3O2/c1-11-16(28-10-15(23)24)18(20(26)27)29-17(11)13-3-2-4-14(9-13)22-19(25)12-5-7-21-8-6-12;3-2(4,5)1(6)7/h2-4,9,12,21H,5-8,10H2,1H3,(H,22,25)(H,23,24)(H,26,27);(H,6,7). The molecule has 0 atom stereocenters. The average molecular weight is 532 g/mol. The number of aliphatic carboxylic acids is 2. The molecule has 0 aliphatic carbocycles. The Labute approximate surface area is 206 Å². The molecule has 0 spiro atoms. The molecule has 3 rings (SSSR count). The number of anilines is 1. The number of nitrogens with one attached hydrogen (secondary N) is 2. The SMILES string of the molecule is Cc1c(-c2cccc(NC(=O)C3CCNCC3)c2)sc(C(=O)O)c1OCC(=O)O.O=C(O)C(F)(F)F. The monoisotopic (exact) mass is 532 g/mol. The predicted molar refractivity (Wildman–Crippen MR) is 122 cm³/mol. The molecule has 10 nitrogen and oxygen atoms in total. The summed E-state index contributed by atoms with van der Waals surface area (Å²) in [5.41, 5.74) is 1.91. The van der Waals surface area contributed by atoms with Crippen LogP contribution in [0.5, 0.6) is 5.75 Å². The molecule has 196 valence electrons. The maximum absolute atomic E-state index is 12.5. The molecule has 1 saturated heterocycles. The minimum Gasteiger partial charge on any atom is -0.480 e. The number of aromatic carboxylic acids is 1. The molecule has 1 fully saturated rings. The molecule has 36 heavy (non-hydrogen) atoms. The van der Waals surface area contributed by atoms with Gasteiger partial charge in [-0.05, 0) is 50.6 Å². The number of carboxylic acid groups (broad SMARTS) is 3. The summed E-state index contributed by atoms with van der Waals surface area (Å²) in [4.78, 5) is 44.4. The molecule has 5 N–H and O–H groups in total. The van der Waals surface area contributed by atoms with E-state index in [2.05, 4.69) is 10.6 Å². The molecular formula is C22H23F3N2O8S. The second kappa shape index (κ2) is 12.4. The molecular weight excluding hydrogens is 509 g/mol. The zero-order valence-corrected chi connectivity index (χ0v) is 19.7. The second-order valence-corrected chi connectivity index (χ2v) is 8.62. The van der Waals surface area contributed by atoms with Crippen LogP contribution in [0.25, 0.3) is 10.4 Å². The van der Waals surface area contributed by atoms with Crippen molar-refractivity contribution in [3.05, 3.63) is 34.7 Å². The molecule has 0 unspecified atom stereocenters. The number of carboxylic acids is 3. The van der Waals surface area contributed by atoms with E-state index >= 15 is 0 Å². The summed E-state index contributed by atoms with van der Waals surface area (Å²) in [7, 11) is 0. The average Bonchev–Trinajstić information content (AvgIpc) is 3.14. The highest BCUT2D eigenvalue weighted by Crippen LogP contribution is 2.42. The molecule has 1 aliphatic rings. The first-order valence-electron chi connectivity index (χ1n) is 10.4. The van der Waals surface area contributed by atoms with Crippen LogP contribution in [0.15, 0.2) is 24.3 Å². The third-order valence-electron chi connectivity index (χ3n) is 4.97. The summed E-state index contributed by atoms with van der Waals surface area (Å²) in [6.07, 6.45) is -3.50. The number of rotatable bonds is 7. The lowest BCUT2D eigenvalue weighted by atomic mass is 9.97. The van der Waals surface area contributed by atoms with Crippen molar-refractivity contribution in [1.29, 1.82) is 0 Å². The van der Waals surface area contributed by atoms with Crippen molar-refractivity contribution in [3.63, 3.8) is 0 Å². The number of carbonyl (C=O) groups excluding carboxylic acids is 1. The number of piperidine rings is 1. The van der Waals surface area contributed by atoms with Crippen LogP contribution < -0.4 is 15.4 Å². The molecule has 0 radical (unpaired) electrons. The largest absolute Gasteiger partial charge is 0.490 e. The Bertz CT molecular complexity index is 1130. The van der Waals surface area contributed by atoms with Gasteiger partial charge in [0.2, 0.25) is 5.91 Å². The van der Waals surface area contributed by atoms with Gasteiger partial charge in [0.1, 0.15) is 5.75 Å². The predicted octanol–water partition coefficient (Wildman–Crippen LogP) is 3.46. The summed E-state index contributed by atoms with van der Waals surface area (Å²) in [5.74, 6) is -5.12. The van der Waals surface area contributed by atoms with Crippen LogP contribution in [0.3, 0.4) is 0 Å². The van der Waals surface area contributed by atoms with Crippen molar-refractivity contribution in [2.24, 2.45) is 5.92 Å². The lowest BCUT2D eigenvalue weighted by Crippen LogP contribution is -2.34. The maximum Gasteiger partial charge on any atom is 0.490 e. The number of thiophene rings is 1. The van der Waals surface area contributed by atoms with E-state index in [1.807, 2.05) is 6.07 Å². The molecule has 14 heteroatoms. The van der Waals surface area contributed by atoms with E-state index in [4.69, 9.17) is 19.7 Å². The van der Waals surface area contributed by atoms with E-state index < -0.39 is 30.7 Å². The number of benzene rings is 1. The Morgan fingerprint density at radius 2 is 1.75 bits per heavy atom. The summed E-state index contributed by atoms with van der Waals surface area (Å²) in [6.45, 7) is 2.71. The number of hydrogen-bond donors (Lipinski definition) is 5. The Kier molecular flexibility index (Phi) is 9.81. The van der Waals surface area contributed by atoms with Gasteiger partial charge in [0.15, 0.2) is 11.5 Å². The minimum absolute atomic E-state index is 0.0248. The number of hydrogen-bond acceptors (Lipinski definition) is 7. The van der Waals surface area contributed by atoms with Gasteiger partial charge in [0, 0.05) is 22.0 Å². The number of alkyl halides is 3. The first-order valence-corrected chi connectivity index (χ1v) is 11.3. The Balaban J connectivity index is 0.000000572. The van der Waals surface area contributed by atoms with Gasteiger partial charge in [-0.15, -0.1) is 11.3 Å². The van der Waals surface area contributed by atoms with E-state index in [0.29, 0.717) is 16.1 Å². The fourth-order valence-electron chi connectivity index (χ4n) is 3.29. The fourth-order valence-corrected chi connectivity index (χ4v) is 4.38. The van der Waals surface area contributed by atoms with Crippen LogP contribution in [0.1, 0.15) is 28.1 Å². The normalized spacial score (nSPS) is 13.8. The van der Waals surface area contributed by atoms with Gasteiger partial charge in [-0.25, -0.2) is 14.4 Å². The van der Waals surface area contributed by atoms with Crippen LogP contribution in [0.2, 0.25) is 0 Å². The fraction of sp³-hybridized carbons (Fsp3) is 0.364. The summed E-state index contributed by atoms with van der Waals surface area (Å²) in [5, 5.41) is 31.6. The van der Waals surface area contributed by atoms with E-state index in [0.717, 1.165) is 42.8 Å². The van der Waals surface area contributed by atoms with Gasteiger partial charge < -0.3 is 30.7 Å². The van der Waals surface area contributed by atoms with Gasteiger partial charge in [0.05, 0.1) is 0 Å². The highest BCUT2D eigenvalue weighted by Gasteiger charge is 2.38. The van der Waals surface area contributed by atoms with Crippen molar-refractivity contribution in [2.45, 2.75) is 25.9 Å². The lowest BCUT2D eigenvalue weighted by molar-refractivity contribution is -0.192. The van der Waals surface area contributed by atoms with Crippen LogP contribution in [0, 0.1) is 12.8 Å². The first kappa shape index (κ1) is 28.6. The van der Waals surface area contributed by atoms with Crippen LogP contribution in [-0.2, 0) is 14.4 Å². The zero-order chi connectivity index (χ0) is 27.0. The number of amides is 1. The highest BCUT2D eigenvalue weighted by atomic mass is 32.1. The quantitative estimate of drug-likeness (QED) is 0.359. The molecule has 0 bridgehead atoms. The van der Waals surface area contributed by atoms with Crippen molar-refractivity contribution in [1.82, 2.24) is 5.32 Å². The number of ether oxygens (including phenoxy) is 1. The smallest absolute Gasteiger partial charge is 0.480 e. The molecule has 2 heterocycles. The number of halogens is 3. The molecule has 1 amide bonds. The first-order chi connectivity index (χ1) is 16.8. The van der Waals surface area contributed by atoms with Gasteiger partial charge in [0.25, 0.3) is 0 Å². The zero-order valence-electron chi connectivity index (χ0n) is 18.8. The molecule has 1 aromatic carbocycles. The highest BCUT2D eigenvalue weighted by molar-refractivity contribution is 7.18. The van der Waals surface area contributed by atoms with E-state index in [1.54, 1.807) is 25.1 Å². The van der Waals surface area contributed by atoms with Gasteiger partial charge in [-0.3, -0.25) is 4.79 Å².